The van der Waals surface area contributed by atoms with Crippen LogP contribution in [0.1, 0.15) is 47.9 Å². The van der Waals surface area contributed by atoms with Gasteiger partial charge in [0, 0.05) is 25.1 Å². The Hall–Kier alpha value is -1.65. The summed E-state index contributed by atoms with van der Waals surface area (Å²) in [6.07, 6.45) is 4.49. The fraction of sp³-hybridized carbons (Fsp3) is 0.583. The van der Waals surface area contributed by atoms with Crippen molar-refractivity contribution in [1.29, 1.82) is 0 Å². The van der Waals surface area contributed by atoms with Crippen LogP contribution in [0.3, 0.4) is 0 Å². The van der Waals surface area contributed by atoms with Crippen LogP contribution < -0.4 is 4.90 Å². The monoisotopic (exact) mass is 233 g/mol. The molecule has 0 atom stereocenters. The van der Waals surface area contributed by atoms with E-state index in [0.29, 0.717) is 11.7 Å². The van der Waals surface area contributed by atoms with E-state index in [0.717, 1.165) is 44.6 Å². The van der Waals surface area contributed by atoms with Crippen LogP contribution in [0.25, 0.3) is 0 Å². The molecule has 0 aromatic carbocycles. The van der Waals surface area contributed by atoms with Gasteiger partial charge in [0.1, 0.15) is 11.6 Å². The van der Waals surface area contributed by atoms with Crippen molar-refractivity contribution in [3.8, 4) is 0 Å². The molecule has 0 bridgehead atoms. The van der Waals surface area contributed by atoms with Gasteiger partial charge < -0.3 is 10.0 Å². The first-order valence-corrected chi connectivity index (χ1v) is 6.11. The summed E-state index contributed by atoms with van der Waals surface area (Å²) in [7, 11) is 0. The quantitative estimate of drug-likeness (QED) is 0.859. The molecule has 1 N–H and O–H groups in total. The molecule has 3 rings (SSSR count). The van der Waals surface area contributed by atoms with Gasteiger partial charge in [-0.1, -0.05) is 0 Å². The molecule has 0 unspecified atom stereocenters. The number of aromatic nitrogens is 2. The van der Waals surface area contributed by atoms with Crippen molar-refractivity contribution in [2.24, 2.45) is 0 Å². The van der Waals surface area contributed by atoms with Gasteiger partial charge in [0.15, 0.2) is 5.69 Å². The Morgan fingerprint density at radius 2 is 2.00 bits per heavy atom. The number of carbonyl (C=O) groups is 1. The predicted octanol–water partition coefficient (Wildman–Crippen LogP) is 1.65. The predicted molar refractivity (Wildman–Crippen MR) is 62.4 cm³/mol. The van der Waals surface area contributed by atoms with E-state index in [9.17, 15) is 4.79 Å². The highest BCUT2D eigenvalue weighted by Crippen LogP contribution is 2.38. The van der Waals surface area contributed by atoms with Crippen LogP contribution in [0.5, 0.6) is 0 Å². The maximum absolute atomic E-state index is 11.1. The Morgan fingerprint density at radius 1 is 1.29 bits per heavy atom. The zero-order valence-electron chi connectivity index (χ0n) is 9.59. The Balaban J connectivity index is 1.97. The number of hydrogen-bond donors (Lipinski definition) is 1. The Kier molecular flexibility index (Phi) is 2.46. The lowest BCUT2D eigenvalue weighted by Crippen LogP contribution is -2.21. The molecule has 0 radical (unpaired) electrons. The molecule has 1 saturated carbocycles. The highest BCUT2D eigenvalue weighted by atomic mass is 16.4. The van der Waals surface area contributed by atoms with Crippen molar-refractivity contribution in [2.45, 2.75) is 31.6 Å². The van der Waals surface area contributed by atoms with E-state index in [4.69, 9.17) is 5.11 Å². The van der Waals surface area contributed by atoms with E-state index in [-0.39, 0.29) is 5.69 Å². The van der Waals surface area contributed by atoms with Crippen LogP contribution in [-0.4, -0.2) is 34.1 Å². The minimum absolute atomic E-state index is 0.129. The van der Waals surface area contributed by atoms with Gasteiger partial charge in [0.2, 0.25) is 0 Å². The first-order chi connectivity index (χ1) is 8.24. The molecule has 17 heavy (non-hydrogen) atoms. The molecule has 0 amide bonds. The van der Waals surface area contributed by atoms with Crippen molar-refractivity contribution in [3.05, 3.63) is 17.6 Å². The molecule has 2 fully saturated rings. The van der Waals surface area contributed by atoms with Gasteiger partial charge in [-0.3, -0.25) is 0 Å². The molecule has 1 aromatic heterocycles. The van der Waals surface area contributed by atoms with Crippen molar-refractivity contribution >= 4 is 11.8 Å². The number of hydrogen-bond acceptors (Lipinski definition) is 4. The highest BCUT2D eigenvalue weighted by molar-refractivity contribution is 5.86. The molecule has 1 aliphatic heterocycles. The Labute approximate surface area is 99.5 Å². The van der Waals surface area contributed by atoms with Crippen LogP contribution in [-0.2, 0) is 0 Å². The Bertz CT molecular complexity index is 451. The van der Waals surface area contributed by atoms with Gasteiger partial charge in [0.05, 0.1) is 0 Å². The summed E-state index contributed by atoms with van der Waals surface area (Å²) in [5, 5.41) is 9.07. The molecule has 5 nitrogen and oxygen atoms in total. The SMILES string of the molecule is O=C(O)c1cc(N2CCCC2)nc(C2CC2)n1. The molecule has 5 heteroatoms. The molecular formula is C12H15N3O2. The van der Waals surface area contributed by atoms with Crippen LogP contribution in [0, 0.1) is 0 Å². The summed E-state index contributed by atoms with van der Waals surface area (Å²) in [4.78, 5) is 21.8. The van der Waals surface area contributed by atoms with Gasteiger partial charge in [-0.25, -0.2) is 14.8 Å². The van der Waals surface area contributed by atoms with Crippen molar-refractivity contribution < 1.29 is 9.90 Å². The fourth-order valence-electron chi connectivity index (χ4n) is 2.19. The van der Waals surface area contributed by atoms with Gasteiger partial charge in [-0.2, -0.15) is 0 Å². The van der Waals surface area contributed by atoms with E-state index >= 15 is 0 Å². The lowest BCUT2D eigenvalue weighted by Gasteiger charge is -2.17. The average Bonchev–Trinajstić information content (AvgIpc) is 3.04. The van der Waals surface area contributed by atoms with E-state index < -0.39 is 5.97 Å². The first-order valence-electron chi connectivity index (χ1n) is 6.11. The zero-order chi connectivity index (χ0) is 11.8. The maximum Gasteiger partial charge on any atom is 0.354 e. The number of carboxylic acids is 1. The second-order valence-electron chi connectivity index (χ2n) is 4.74. The molecule has 0 spiro atoms. The van der Waals surface area contributed by atoms with Crippen molar-refractivity contribution in [3.63, 3.8) is 0 Å². The summed E-state index contributed by atoms with van der Waals surface area (Å²) in [5.74, 6) is 0.925. The molecule has 1 aromatic rings. The van der Waals surface area contributed by atoms with Crippen molar-refractivity contribution in [2.75, 3.05) is 18.0 Å². The largest absolute Gasteiger partial charge is 0.477 e. The van der Waals surface area contributed by atoms with Crippen LogP contribution >= 0.6 is 0 Å². The second-order valence-corrected chi connectivity index (χ2v) is 4.74. The minimum Gasteiger partial charge on any atom is -0.477 e. The van der Waals surface area contributed by atoms with Gasteiger partial charge in [-0.05, 0) is 25.7 Å². The molecular weight excluding hydrogens is 218 g/mol. The number of carboxylic acid groups (broad SMARTS) is 1. The van der Waals surface area contributed by atoms with Gasteiger partial charge in [0.25, 0.3) is 0 Å². The lowest BCUT2D eigenvalue weighted by atomic mass is 10.3. The number of anilines is 1. The summed E-state index contributed by atoms with van der Waals surface area (Å²) in [6, 6.07) is 1.60. The van der Waals surface area contributed by atoms with Crippen molar-refractivity contribution in [1.82, 2.24) is 9.97 Å². The highest BCUT2D eigenvalue weighted by Gasteiger charge is 2.29. The minimum atomic E-state index is -0.963. The smallest absolute Gasteiger partial charge is 0.354 e. The standard InChI is InChI=1S/C12H15N3O2/c16-12(17)9-7-10(15-5-1-2-6-15)14-11(13-9)8-3-4-8/h7-8H,1-6H2,(H,16,17). The van der Waals surface area contributed by atoms with E-state index in [2.05, 4.69) is 14.9 Å². The topological polar surface area (TPSA) is 66.3 Å². The molecule has 1 saturated heterocycles. The molecule has 2 aliphatic rings. The van der Waals surface area contributed by atoms with Crippen LogP contribution in [0.4, 0.5) is 5.82 Å². The fourth-order valence-corrected chi connectivity index (χ4v) is 2.19. The third-order valence-corrected chi connectivity index (χ3v) is 3.32. The first kappa shape index (κ1) is 10.5. The molecule has 1 aliphatic carbocycles. The van der Waals surface area contributed by atoms with E-state index in [1.54, 1.807) is 6.07 Å². The Morgan fingerprint density at radius 3 is 2.59 bits per heavy atom. The molecule has 2 heterocycles. The number of nitrogens with zero attached hydrogens (tertiary/aromatic N) is 3. The number of rotatable bonds is 3. The van der Waals surface area contributed by atoms with Gasteiger partial charge >= 0.3 is 5.97 Å². The van der Waals surface area contributed by atoms with E-state index in [1.165, 1.54) is 0 Å². The summed E-state index contributed by atoms with van der Waals surface area (Å²) in [6.45, 7) is 1.94. The van der Waals surface area contributed by atoms with Crippen LogP contribution in [0.2, 0.25) is 0 Å². The average molecular weight is 233 g/mol. The third-order valence-electron chi connectivity index (χ3n) is 3.32. The molecule has 90 valence electrons. The number of aromatic carboxylic acids is 1. The zero-order valence-corrected chi connectivity index (χ0v) is 9.59. The summed E-state index contributed by atoms with van der Waals surface area (Å²) >= 11 is 0. The normalized spacial score (nSPS) is 19.6. The lowest BCUT2D eigenvalue weighted by molar-refractivity contribution is 0.0690. The summed E-state index contributed by atoms with van der Waals surface area (Å²) in [5.41, 5.74) is 0.129. The maximum atomic E-state index is 11.1. The second kappa shape index (κ2) is 3.98. The third kappa shape index (κ3) is 2.09. The summed E-state index contributed by atoms with van der Waals surface area (Å²) < 4.78 is 0. The van der Waals surface area contributed by atoms with Crippen LogP contribution in [0.15, 0.2) is 6.07 Å². The van der Waals surface area contributed by atoms with E-state index in [1.807, 2.05) is 0 Å². The van der Waals surface area contributed by atoms with Gasteiger partial charge in [-0.15, -0.1) is 0 Å².